The molecule has 136 valence electrons. The smallest absolute Gasteiger partial charge is 0.410 e. The number of anilines is 1. The van der Waals surface area contributed by atoms with Crippen LogP contribution in [0, 0.1) is 5.82 Å². The van der Waals surface area contributed by atoms with Gasteiger partial charge < -0.3 is 14.7 Å². The SMILES string of the molecule is CC(C)(C)OC(=O)N1CCC12CN(c1cc(F)cc(C(=O)O)c1Cl)C2. The lowest BCUT2D eigenvalue weighted by Gasteiger charge is -2.62. The van der Waals surface area contributed by atoms with Crippen LogP contribution in [0.4, 0.5) is 14.9 Å². The number of rotatable bonds is 2. The number of amides is 1. The second kappa shape index (κ2) is 5.76. The molecule has 1 aromatic carbocycles. The summed E-state index contributed by atoms with van der Waals surface area (Å²) >= 11 is 6.13. The van der Waals surface area contributed by atoms with Gasteiger partial charge >= 0.3 is 12.1 Å². The first-order chi connectivity index (χ1) is 11.5. The zero-order chi connectivity index (χ0) is 18.6. The molecule has 8 heteroatoms. The van der Waals surface area contributed by atoms with Gasteiger partial charge in [-0.05, 0) is 39.3 Å². The molecule has 1 amide bonds. The fourth-order valence-corrected chi connectivity index (χ4v) is 3.58. The Kier molecular flexibility index (Phi) is 4.10. The van der Waals surface area contributed by atoms with E-state index in [0.29, 0.717) is 25.3 Å². The predicted molar refractivity (Wildman–Crippen MR) is 90.9 cm³/mol. The van der Waals surface area contributed by atoms with Gasteiger partial charge in [0, 0.05) is 19.6 Å². The molecule has 2 saturated heterocycles. The van der Waals surface area contributed by atoms with Crippen molar-refractivity contribution >= 4 is 29.4 Å². The fourth-order valence-electron chi connectivity index (χ4n) is 3.27. The summed E-state index contributed by atoms with van der Waals surface area (Å²) < 4.78 is 19.1. The molecule has 1 aromatic rings. The van der Waals surface area contributed by atoms with Crippen molar-refractivity contribution < 1.29 is 23.8 Å². The fraction of sp³-hybridized carbons (Fsp3) is 0.529. The standard InChI is InChI=1S/C17H20ClFN2O4/c1-16(2,3)25-15(24)21-5-4-17(21)8-20(9-17)12-7-10(19)6-11(13(12)18)14(22)23/h6-7H,4-5,8-9H2,1-3H3,(H,22,23). The number of likely N-dealkylation sites (tertiary alicyclic amines) is 1. The molecule has 0 saturated carbocycles. The number of ether oxygens (including phenoxy) is 1. The topological polar surface area (TPSA) is 70.1 Å². The second-order valence-electron chi connectivity index (χ2n) is 7.55. The Morgan fingerprint density at radius 1 is 1.32 bits per heavy atom. The molecule has 2 aliphatic rings. The number of aromatic carboxylic acids is 1. The molecule has 0 atom stereocenters. The zero-order valence-corrected chi connectivity index (χ0v) is 15.1. The number of carbonyl (C=O) groups excluding carboxylic acids is 1. The Balaban J connectivity index is 1.75. The van der Waals surface area contributed by atoms with Gasteiger partial charge in [-0.25, -0.2) is 14.0 Å². The first-order valence-electron chi connectivity index (χ1n) is 8.00. The molecule has 3 rings (SSSR count). The average molecular weight is 371 g/mol. The van der Waals surface area contributed by atoms with E-state index in [4.69, 9.17) is 21.4 Å². The van der Waals surface area contributed by atoms with Crippen LogP contribution < -0.4 is 4.90 Å². The number of hydrogen-bond donors (Lipinski definition) is 1. The van der Waals surface area contributed by atoms with E-state index >= 15 is 0 Å². The van der Waals surface area contributed by atoms with Crippen molar-refractivity contribution in [1.82, 2.24) is 4.90 Å². The summed E-state index contributed by atoms with van der Waals surface area (Å²) in [7, 11) is 0. The Labute approximate surface area is 150 Å². The molecule has 0 unspecified atom stereocenters. The lowest BCUT2D eigenvalue weighted by Crippen LogP contribution is -2.78. The number of carboxylic acid groups (broad SMARTS) is 1. The predicted octanol–water partition coefficient (Wildman–Crippen LogP) is 3.38. The van der Waals surface area contributed by atoms with E-state index in [9.17, 15) is 14.0 Å². The summed E-state index contributed by atoms with van der Waals surface area (Å²) in [4.78, 5) is 26.9. The first kappa shape index (κ1) is 17.8. The number of halogens is 2. The highest BCUT2D eigenvalue weighted by molar-refractivity contribution is 6.36. The van der Waals surface area contributed by atoms with Crippen molar-refractivity contribution in [2.24, 2.45) is 0 Å². The molecule has 6 nitrogen and oxygen atoms in total. The number of hydrogen-bond acceptors (Lipinski definition) is 4. The molecular formula is C17H20ClFN2O4. The summed E-state index contributed by atoms with van der Waals surface area (Å²) in [6.45, 7) is 6.97. The number of benzene rings is 1. The van der Waals surface area contributed by atoms with E-state index in [-0.39, 0.29) is 22.2 Å². The minimum atomic E-state index is -1.28. The Morgan fingerprint density at radius 2 is 1.96 bits per heavy atom. The molecule has 25 heavy (non-hydrogen) atoms. The summed E-state index contributed by atoms with van der Waals surface area (Å²) in [6.07, 6.45) is 0.455. The van der Waals surface area contributed by atoms with Crippen LogP contribution in [-0.4, -0.2) is 52.8 Å². The molecule has 0 aliphatic carbocycles. The average Bonchev–Trinajstić information content (AvgIpc) is 2.36. The number of carboxylic acids is 1. The largest absolute Gasteiger partial charge is 0.478 e. The van der Waals surface area contributed by atoms with E-state index < -0.39 is 17.4 Å². The maximum atomic E-state index is 13.7. The van der Waals surface area contributed by atoms with Gasteiger partial charge in [-0.15, -0.1) is 0 Å². The second-order valence-corrected chi connectivity index (χ2v) is 7.93. The summed E-state index contributed by atoms with van der Waals surface area (Å²) in [5, 5.41) is 9.14. The van der Waals surface area contributed by atoms with Crippen LogP contribution in [0.15, 0.2) is 12.1 Å². The van der Waals surface area contributed by atoms with Gasteiger partial charge in [0.05, 0.1) is 21.8 Å². The normalized spacial score (nSPS) is 18.6. The molecule has 0 aromatic heterocycles. The van der Waals surface area contributed by atoms with Gasteiger partial charge in [0.15, 0.2) is 0 Å². The van der Waals surface area contributed by atoms with Gasteiger partial charge in [-0.1, -0.05) is 11.6 Å². The molecule has 0 radical (unpaired) electrons. The van der Waals surface area contributed by atoms with Gasteiger partial charge in [-0.3, -0.25) is 4.90 Å². The van der Waals surface area contributed by atoms with Gasteiger partial charge in [0.1, 0.15) is 11.4 Å². The molecule has 0 bridgehead atoms. The molecule has 1 spiro atoms. The maximum absolute atomic E-state index is 13.7. The molecular weight excluding hydrogens is 351 g/mol. The third-order valence-electron chi connectivity index (χ3n) is 4.55. The zero-order valence-electron chi connectivity index (χ0n) is 14.3. The maximum Gasteiger partial charge on any atom is 0.410 e. The van der Waals surface area contributed by atoms with E-state index in [1.807, 2.05) is 20.8 Å². The van der Waals surface area contributed by atoms with E-state index in [2.05, 4.69) is 0 Å². The van der Waals surface area contributed by atoms with E-state index in [0.717, 1.165) is 12.5 Å². The Hall–Kier alpha value is -2.02. The Bertz CT molecular complexity index is 741. The van der Waals surface area contributed by atoms with Crippen LogP contribution in [0.5, 0.6) is 0 Å². The van der Waals surface area contributed by atoms with Crippen LogP contribution in [0.2, 0.25) is 5.02 Å². The van der Waals surface area contributed by atoms with Crippen molar-refractivity contribution in [3.05, 3.63) is 28.5 Å². The number of carbonyl (C=O) groups is 2. The number of nitrogens with zero attached hydrogens (tertiary/aromatic N) is 2. The highest BCUT2D eigenvalue weighted by atomic mass is 35.5. The van der Waals surface area contributed by atoms with Crippen LogP contribution >= 0.6 is 11.6 Å². The van der Waals surface area contributed by atoms with Crippen molar-refractivity contribution in [3.8, 4) is 0 Å². The van der Waals surface area contributed by atoms with Gasteiger partial charge in [-0.2, -0.15) is 0 Å². The lowest BCUT2D eigenvalue weighted by molar-refractivity contribution is -0.0560. The van der Waals surface area contributed by atoms with Crippen molar-refractivity contribution in [2.45, 2.75) is 38.3 Å². The van der Waals surface area contributed by atoms with Crippen LogP contribution in [0.3, 0.4) is 0 Å². The highest BCUT2D eigenvalue weighted by Gasteiger charge is 2.56. The molecule has 2 aliphatic heterocycles. The molecule has 2 heterocycles. The minimum Gasteiger partial charge on any atom is -0.478 e. The molecule has 1 N–H and O–H groups in total. The summed E-state index contributed by atoms with van der Waals surface area (Å²) in [5.74, 6) is -1.93. The van der Waals surface area contributed by atoms with Crippen molar-refractivity contribution in [2.75, 3.05) is 24.5 Å². The van der Waals surface area contributed by atoms with Crippen LogP contribution in [0.25, 0.3) is 0 Å². The van der Waals surface area contributed by atoms with Gasteiger partial charge in [0.2, 0.25) is 0 Å². The van der Waals surface area contributed by atoms with Crippen molar-refractivity contribution in [3.63, 3.8) is 0 Å². The van der Waals surface area contributed by atoms with Gasteiger partial charge in [0.25, 0.3) is 0 Å². The van der Waals surface area contributed by atoms with E-state index in [1.54, 1.807) is 9.80 Å². The van der Waals surface area contributed by atoms with Crippen LogP contribution in [0.1, 0.15) is 37.6 Å². The summed E-state index contributed by atoms with van der Waals surface area (Å²) in [6, 6.07) is 2.12. The Morgan fingerprint density at radius 3 is 2.44 bits per heavy atom. The quantitative estimate of drug-likeness (QED) is 0.864. The first-order valence-corrected chi connectivity index (χ1v) is 8.38. The monoisotopic (exact) mass is 370 g/mol. The van der Waals surface area contributed by atoms with Crippen LogP contribution in [-0.2, 0) is 4.74 Å². The minimum absolute atomic E-state index is 0.00638. The van der Waals surface area contributed by atoms with E-state index in [1.165, 1.54) is 6.07 Å². The summed E-state index contributed by atoms with van der Waals surface area (Å²) in [5.41, 5.74) is -0.850. The third kappa shape index (κ3) is 3.13. The third-order valence-corrected chi connectivity index (χ3v) is 4.94. The molecule has 2 fully saturated rings. The lowest BCUT2D eigenvalue weighted by atomic mass is 9.77. The van der Waals surface area contributed by atoms with Crippen molar-refractivity contribution in [1.29, 1.82) is 0 Å². The highest BCUT2D eigenvalue weighted by Crippen LogP contribution is 2.44.